The van der Waals surface area contributed by atoms with Gasteiger partial charge in [0.15, 0.2) is 5.96 Å². The van der Waals surface area contributed by atoms with Crippen LogP contribution in [0.2, 0.25) is 0 Å². The molecule has 1 amide bonds. The number of rotatable bonds is 7. The van der Waals surface area contributed by atoms with Crippen LogP contribution in [-0.4, -0.2) is 56.1 Å². The zero-order chi connectivity index (χ0) is 19.8. The van der Waals surface area contributed by atoms with Crippen molar-refractivity contribution in [2.24, 2.45) is 4.99 Å². The monoisotopic (exact) mass is 514 g/mol. The van der Waals surface area contributed by atoms with E-state index < -0.39 is 0 Å². The van der Waals surface area contributed by atoms with Crippen LogP contribution >= 0.6 is 24.0 Å². The van der Waals surface area contributed by atoms with Crippen LogP contribution in [0, 0.1) is 0 Å². The maximum Gasteiger partial charge on any atom is 0.222 e. The fraction of sp³-hybridized carbons (Fsp3) is 0.636. The van der Waals surface area contributed by atoms with E-state index in [4.69, 9.17) is 9.73 Å². The number of hydrogen-bond donors (Lipinski definition) is 2. The minimum absolute atomic E-state index is 0. The fourth-order valence-corrected chi connectivity index (χ4v) is 4.16. The van der Waals surface area contributed by atoms with Gasteiger partial charge in [-0.1, -0.05) is 25.0 Å². The Kier molecular flexibility index (Phi) is 10.0. The van der Waals surface area contributed by atoms with E-state index >= 15 is 0 Å². The molecule has 1 aliphatic carbocycles. The van der Waals surface area contributed by atoms with Crippen LogP contribution in [0.4, 0.5) is 0 Å². The number of hydrogen-bond acceptors (Lipinski definition) is 3. The first-order chi connectivity index (χ1) is 13.7. The molecule has 6 nitrogen and oxygen atoms in total. The van der Waals surface area contributed by atoms with Crippen LogP contribution in [0.5, 0.6) is 5.75 Å². The lowest BCUT2D eigenvalue weighted by Crippen LogP contribution is -2.40. The molecular weight excluding hydrogens is 479 g/mol. The van der Waals surface area contributed by atoms with Crippen molar-refractivity contribution in [3.8, 4) is 5.75 Å². The van der Waals surface area contributed by atoms with Gasteiger partial charge in [-0.25, -0.2) is 0 Å². The molecule has 7 heteroatoms. The predicted molar refractivity (Wildman–Crippen MR) is 128 cm³/mol. The summed E-state index contributed by atoms with van der Waals surface area (Å²) >= 11 is 0. The highest BCUT2D eigenvalue weighted by Gasteiger charge is 2.26. The zero-order valence-corrected chi connectivity index (χ0v) is 20.0. The number of nitrogens with zero attached hydrogens (tertiary/aromatic N) is 2. The second-order valence-electron chi connectivity index (χ2n) is 7.74. The number of carbonyl (C=O) groups is 1. The van der Waals surface area contributed by atoms with Crippen LogP contribution < -0.4 is 15.4 Å². The highest BCUT2D eigenvalue weighted by molar-refractivity contribution is 14.0. The normalized spacial score (nSPS) is 19.7. The molecule has 0 aromatic heterocycles. The number of benzene rings is 1. The van der Waals surface area contributed by atoms with Crippen LogP contribution in [-0.2, 0) is 4.79 Å². The van der Waals surface area contributed by atoms with Crippen molar-refractivity contribution in [1.29, 1.82) is 0 Å². The maximum absolute atomic E-state index is 12.1. The van der Waals surface area contributed by atoms with E-state index in [1.54, 1.807) is 7.11 Å². The summed E-state index contributed by atoms with van der Waals surface area (Å²) in [6.07, 6.45) is 6.28. The van der Waals surface area contributed by atoms with Gasteiger partial charge in [0.2, 0.25) is 5.91 Å². The average molecular weight is 514 g/mol. The smallest absolute Gasteiger partial charge is 0.222 e. The Bertz CT molecular complexity index is 659. The van der Waals surface area contributed by atoms with Gasteiger partial charge in [0.1, 0.15) is 5.75 Å². The summed E-state index contributed by atoms with van der Waals surface area (Å²) in [6, 6.07) is 8.75. The molecule has 1 unspecified atom stereocenters. The zero-order valence-electron chi connectivity index (χ0n) is 17.7. The lowest BCUT2D eigenvalue weighted by molar-refractivity contribution is -0.121. The number of likely N-dealkylation sites (tertiary alicyclic amines) is 1. The summed E-state index contributed by atoms with van der Waals surface area (Å²) in [5.74, 6) is 2.45. The van der Waals surface area contributed by atoms with E-state index in [0.717, 1.165) is 50.6 Å². The molecule has 29 heavy (non-hydrogen) atoms. The highest BCUT2D eigenvalue weighted by Crippen LogP contribution is 2.28. The number of halogens is 1. The summed E-state index contributed by atoms with van der Waals surface area (Å²) in [6.45, 7) is 5.38. The van der Waals surface area contributed by atoms with Gasteiger partial charge in [0.25, 0.3) is 0 Å². The summed E-state index contributed by atoms with van der Waals surface area (Å²) in [7, 11) is 1.69. The Morgan fingerprint density at radius 2 is 1.93 bits per heavy atom. The first kappa shape index (κ1) is 23.8. The molecule has 0 bridgehead atoms. The minimum atomic E-state index is 0. The first-order valence-electron chi connectivity index (χ1n) is 10.7. The Morgan fingerprint density at radius 3 is 2.59 bits per heavy atom. The fourth-order valence-electron chi connectivity index (χ4n) is 4.16. The van der Waals surface area contributed by atoms with Crippen molar-refractivity contribution in [2.45, 2.75) is 57.4 Å². The molecule has 1 aromatic rings. The SMILES string of the molecule is CCNC(=NCCC(=O)NC1CCCC1)N1CCC(c2ccc(OC)cc2)C1.I. The van der Waals surface area contributed by atoms with Crippen LogP contribution in [0.1, 0.15) is 56.9 Å². The van der Waals surface area contributed by atoms with E-state index in [2.05, 4.69) is 34.6 Å². The third kappa shape index (κ3) is 7.04. The molecule has 2 aliphatic rings. The van der Waals surface area contributed by atoms with Gasteiger partial charge >= 0.3 is 0 Å². The molecule has 1 atom stereocenters. The molecule has 2 N–H and O–H groups in total. The molecule has 1 heterocycles. The molecule has 1 saturated heterocycles. The number of carbonyl (C=O) groups excluding carboxylic acids is 1. The van der Waals surface area contributed by atoms with E-state index in [9.17, 15) is 4.79 Å². The maximum atomic E-state index is 12.1. The van der Waals surface area contributed by atoms with E-state index in [0.29, 0.717) is 24.9 Å². The molecule has 162 valence electrons. The summed E-state index contributed by atoms with van der Waals surface area (Å²) in [5.41, 5.74) is 1.34. The van der Waals surface area contributed by atoms with Crippen molar-refractivity contribution >= 4 is 35.8 Å². The lowest BCUT2D eigenvalue weighted by atomic mass is 9.98. The Hall–Kier alpha value is -1.51. The first-order valence-corrected chi connectivity index (χ1v) is 10.7. The topological polar surface area (TPSA) is 66.0 Å². The van der Waals surface area contributed by atoms with E-state index in [1.165, 1.54) is 18.4 Å². The summed E-state index contributed by atoms with van der Waals surface area (Å²) in [5, 5.41) is 6.53. The summed E-state index contributed by atoms with van der Waals surface area (Å²) < 4.78 is 5.26. The minimum Gasteiger partial charge on any atom is -0.497 e. The standard InChI is InChI=1S/C22H34N4O2.HI/c1-3-23-22(24-14-12-21(27)25-19-6-4-5-7-19)26-15-13-18(16-26)17-8-10-20(28-2)11-9-17;/h8-11,18-19H,3-7,12-16H2,1-2H3,(H,23,24)(H,25,27);1H. The number of guanidine groups is 1. The molecular formula is C22H35IN4O2. The van der Waals surface area contributed by atoms with Crippen LogP contribution in [0.3, 0.4) is 0 Å². The molecule has 2 fully saturated rings. The average Bonchev–Trinajstić information content (AvgIpc) is 3.39. The van der Waals surface area contributed by atoms with Gasteiger partial charge in [-0.3, -0.25) is 9.79 Å². The van der Waals surface area contributed by atoms with Crippen molar-refractivity contribution in [3.05, 3.63) is 29.8 Å². The number of ether oxygens (including phenoxy) is 1. The van der Waals surface area contributed by atoms with Crippen molar-refractivity contribution in [1.82, 2.24) is 15.5 Å². The quantitative estimate of drug-likeness (QED) is 0.332. The molecule has 1 saturated carbocycles. The van der Waals surface area contributed by atoms with Gasteiger partial charge in [-0.15, -0.1) is 24.0 Å². The lowest BCUT2D eigenvalue weighted by Gasteiger charge is -2.22. The Labute approximate surface area is 191 Å². The largest absolute Gasteiger partial charge is 0.497 e. The number of amides is 1. The van der Waals surface area contributed by atoms with Crippen molar-refractivity contribution < 1.29 is 9.53 Å². The number of methoxy groups -OCH3 is 1. The van der Waals surface area contributed by atoms with Crippen LogP contribution in [0.15, 0.2) is 29.3 Å². The van der Waals surface area contributed by atoms with Gasteiger partial charge in [-0.05, 0) is 43.9 Å². The molecule has 1 aliphatic heterocycles. The highest BCUT2D eigenvalue weighted by atomic mass is 127. The van der Waals surface area contributed by atoms with Gasteiger partial charge in [0, 0.05) is 38.0 Å². The van der Waals surface area contributed by atoms with Gasteiger partial charge in [-0.2, -0.15) is 0 Å². The third-order valence-electron chi connectivity index (χ3n) is 5.73. The van der Waals surface area contributed by atoms with Crippen molar-refractivity contribution in [2.75, 3.05) is 33.3 Å². The Balaban J connectivity index is 0.00000300. The van der Waals surface area contributed by atoms with E-state index in [-0.39, 0.29) is 29.9 Å². The van der Waals surface area contributed by atoms with Crippen molar-refractivity contribution in [3.63, 3.8) is 0 Å². The van der Waals surface area contributed by atoms with E-state index in [1.807, 2.05) is 12.1 Å². The Morgan fingerprint density at radius 1 is 1.21 bits per heavy atom. The molecule has 0 spiro atoms. The summed E-state index contributed by atoms with van der Waals surface area (Å²) in [4.78, 5) is 19.2. The second kappa shape index (κ2) is 12.2. The third-order valence-corrected chi connectivity index (χ3v) is 5.73. The van der Waals surface area contributed by atoms with Gasteiger partial charge < -0.3 is 20.3 Å². The predicted octanol–water partition coefficient (Wildman–Crippen LogP) is 3.52. The van der Waals surface area contributed by atoms with Gasteiger partial charge in [0.05, 0.1) is 13.7 Å². The van der Waals surface area contributed by atoms with Crippen LogP contribution in [0.25, 0.3) is 0 Å². The molecule has 1 aromatic carbocycles. The molecule has 0 radical (unpaired) electrons. The number of nitrogens with one attached hydrogen (secondary N) is 2. The number of aliphatic imine (C=N–C) groups is 1. The second-order valence-corrected chi connectivity index (χ2v) is 7.74. The molecule has 3 rings (SSSR count).